The molecular formula is C52H33N5. The molecule has 2 aromatic heterocycles. The molecule has 266 valence electrons. The van der Waals surface area contributed by atoms with Gasteiger partial charge >= 0.3 is 0 Å². The summed E-state index contributed by atoms with van der Waals surface area (Å²) < 4.78 is 2.10. The average molecular weight is 728 g/mol. The van der Waals surface area contributed by atoms with Crippen LogP contribution in [0.3, 0.4) is 0 Å². The summed E-state index contributed by atoms with van der Waals surface area (Å²) in [5.41, 5.74) is 9.09. The van der Waals surface area contributed by atoms with Crippen LogP contribution in [-0.4, -0.2) is 24.7 Å². The zero-order valence-corrected chi connectivity index (χ0v) is 30.8. The van der Waals surface area contributed by atoms with Crippen LogP contribution in [0.5, 0.6) is 0 Å². The Labute approximate surface area is 329 Å². The van der Waals surface area contributed by atoms with Crippen LogP contribution >= 0.6 is 0 Å². The summed E-state index contributed by atoms with van der Waals surface area (Å²) in [5.74, 6) is 1.89. The van der Waals surface area contributed by atoms with Crippen LogP contribution in [0.2, 0.25) is 0 Å². The van der Waals surface area contributed by atoms with Gasteiger partial charge in [-0.3, -0.25) is 0 Å². The molecule has 0 bridgehead atoms. The predicted octanol–water partition coefficient (Wildman–Crippen LogP) is 13.0. The van der Waals surface area contributed by atoms with Crippen molar-refractivity contribution in [2.24, 2.45) is 0 Å². The molecule has 2 heterocycles. The first-order valence-corrected chi connectivity index (χ1v) is 19.1. The van der Waals surface area contributed by atoms with E-state index in [-0.39, 0.29) is 0 Å². The molecule has 0 saturated heterocycles. The molecule has 0 spiro atoms. The third-order valence-corrected chi connectivity index (χ3v) is 10.8. The number of nitrogens with zero attached hydrogens (tertiary/aromatic N) is 5. The van der Waals surface area contributed by atoms with Crippen molar-refractivity contribution in [2.75, 3.05) is 0 Å². The van der Waals surface area contributed by atoms with Gasteiger partial charge in [-0.25, -0.2) is 19.6 Å². The van der Waals surface area contributed by atoms with Gasteiger partial charge in [0.25, 0.3) is 0 Å². The standard InChI is InChI=1S/C52H33N5/c1-3-15-37(16-4-1)48-47-46(33-41-19-11-12-22-45(41)49(47)57(56-48)44-20-5-2-6-21-44)36-25-27-38(28-26-36)50-53-51(42-29-23-34-13-7-9-17-39(34)31-42)55-52(54-50)43-30-24-35-14-8-10-18-40(35)32-43/h1-33H. The van der Waals surface area contributed by atoms with Crippen LogP contribution in [0.15, 0.2) is 200 Å². The molecule has 0 amide bonds. The Morgan fingerprint density at radius 1 is 0.333 bits per heavy atom. The number of aromatic nitrogens is 5. The molecule has 9 aromatic carbocycles. The maximum absolute atomic E-state index is 5.34. The fourth-order valence-electron chi connectivity index (χ4n) is 7.99. The Morgan fingerprint density at radius 2 is 0.807 bits per heavy atom. The molecule has 11 aromatic rings. The highest BCUT2D eigenvalue weighted by molar-refractivity contribution is 6.17. The van der Waals surface area contributed by atoms with Crippen molar-refractivity contribution < 1.29 is 0 Å². The molecule has 57 heavy (non-hydrogen) atoms. The van der Waals surface area contributed by atoms with Crippen molar-refractivity contribution in [1.29, 1.82) is 0 Å². The van der Waals surface area contributed by atoms with Gasteiger partial charge in [0, 0.05) is 33.0 Å². The molecule has 5 nitrogen and oxygen atoms in total. The van der Waals surface area contributed by atoms with Crippen LogP contribution in [0.25, 0.3) is 105 Å². The minimum absolute atomic E-state index is 0.619. The monoisotopic (exact) mass is 727 g/mol. The highest BCUT2D eigenvalue weighted by Crippen LogP contribution is 2.42. The zero-order chi connectivity index (χ0) is 37.7. The summed E-state index contributed by atoms with van der Waals surface area (Å²) in [5, 5.41) is 13.4. The molecule has 0 aliphatic heterocycles. The number of hydrogen-bond acceptors (Lipinski definition) is 4. The first-order chi connectivity index (χ1) is 28.2. The van der Waals surface area contributed by atoms with Gasteiger partial charge in [-0.05, 0) is 68.4 Å². The lowest BCUT2D eigenvalue weighted by Crippen LogP contribution is -2.00. The summed E-state index contributed by atoms with van der Waals surface area (Å²) >= 11 is 0. The lowest BCUT2D eigenvalue weighted by molar-refractivity contribution is 0.918. The Kier molecular flexibility index (Phi) is 7.74. The van der Waals surface area contributed by atoms with Crippen LogP contribution in [0.1, 0.15) is 0 Å². The van der Waals surface area contributed by atoms with Crippen LogP contribution < -0.4 is 0 Å². The first kappa shape index (κ1) is 32.7. The fraction of sp³-hybridized carbons (Fsp3) is 0. The molecule has 0 N–H and O–H groups in total. The second kappa shape index (κ2) is 13.5. The SMILES string of the molecule is c1ccc(-c2nn(-c3ccccc3)c3c2c(-c2ccc(-c4nc(-c5ccc6ccccc6c5)nc(-c5ccc6ccccc6c5)n4)cc2)cc2ccccc23)cc1. The quantitative estimate of drug-likeness (QED) is 0.171. The van der Waals surface area contributed by atoms with Gasteiger partial charge in [-0.1, -0.05) is 170 Å². The molecule has 0 radical (unpaired) electrons. The molecular weight excluding hydrogens is 695 g/mol. The topological polar surface area (TPSA) is 56.5 Å². The highest BCUT2D eigenvalue weighted by atomic mass is 15.3. The summed E-state index contributed by atoms with van der Waals surface area (Å²) in [6.45, 7) is 0. The van der Waals surface area contributed by atoms with E-state index < -0.39 is 0 Å². The van der Waals surface area contributed by atoms with Crippen LogP contribution in [-0.2, 0) is 0 Å². The van der Waals surface area contributed by atoms with Crippen molar-refractivity contribution in [3.63, 3.8) is 0 Å². The Bertz CT molecular complexity index is 3180. The maximum atomic E-state index is 5.34. The number of para-hydroxylation sites is 1. The fourth-order valence-corrected chi connectivity index (χ4v) is 7.99. The van der Waals surface area contributed by atoms with E-state index in [1.807, 2.05) is 12.1 Å². The zero-order valence-electron chi connectivity index (χ0n) is 30.8. The number of hydrogen-bond donors (Lipinski definition) is 0. The van der Waals surface area contributed by atoms with E-state index in [4.69, 9.17) is 20.1 Å². The van der Waals surface area contributed by atoms with E-state index in [0.717, 1.165) is 77.2 Å². The first-order valence-electron chi connectivity index (χ1n) is 19.1. The lowest BCUT2D eigenvalue weighted by atomic mass is 9.93. The predicted molar refractivity (Wildman–Crippen MR) is 234 cm³/mol. The second-order valence-electron chi connectivity index (χ2n) is 14.3. The van der Waals surface area contributed by atoms with Crippen molar-refractivity contribution in [3.05, 3.63) is 200 Å². The van der Waals surface area contributed by atoms with Crippen molar-refractivity contribution in [1.82, 2.24) is 24.7 Å². The van der Waals surface area contributed by atoms with Crippen molar-refractivity contribution >= 4 is 43.2 Å². The lowest BCUT2D eigenvalue weighted by Gasteiger charge is -2.12. The molecule has 5 heteroatoms. The van der Waals surface area contributed by atoms with Gasteiger partial charge in [0.05, 0.1) is 11.2 Å². The van der Waals surface area contributed by atoms with Gasteiger partial charge in [-0.2, -0.15) is 5.10 Å². The molecule has 0 aliphatic rings. The highest BCUT2D eigenvalue weighted by Gasteiger charge is 2.21. The van der Waals surface area contributed by atoms with E-state index in [2.05, 4.69) is 193 Å². The maximum Gasteiger partial charge on any atom is 0.164 e. The minimum atomic E-state index is 0.619. The molecule has 0 aliphatic carbocycles. The van der Waals surface area contributed by atoms with Crippen molar-refractivity contribution in [3.8, 4) is 62.2 Å². The summed E-state index contributed by atoms with van der Waals surface area (Å²) in [6, 6.07) is 69.9. The van der Waals surface area contributed by atoms with E-state index in [0.29, 0.717) is 17.5 Å². The summed E-state index contributed by atoms with van der Waals surface area (Å²) in [7, 11) is 0. The number of benzene rings is 9. The third kappa shape index (κ3) is 5.81. The third-order valence-electron chi connectivity index (χ3n) is 10.8. The van der Waals surface area contributed by atoms with Crippen molar-refractivity contribution in [2.45, 2.75) is 0 Å². The average Bonchev–Trinajstić information content (AvgIpc) is 3.70. The molecule has 11 rings (SSSR count). The van der Waals surface area contributed by atoms with Gasteiger partial charge in [0.1, 0.15) is 5.69 Å². The van der Waals surface area contributed by atoms with Crippen LogP contribution in [0.4, 0.5) is 0 Å². The largest absolute Gasteiger partial charge is 0.232 e. The van der Waals surface area contributed by atoms with Gasteiger partial charge in [-0.15, -0.1) is 0 Å². The van der Waals surface area contributed by atoms with E-state index in [9.17, 15) is 0 Å². The Hall–Kier alpha value is -7.76. The van der Waals surface area contributed by atoms with E-state index >= 15 is 0 Å². The normalized spacial score (nSPS) is 11.5. The minimum Gasteiger partial charge on any atom is -0.232 e. The number of fused-ring (bicyclic) bond motifs is 5. The van der Waals surface area contributed by atoms with Gasteiger partial charge < -0.3 is 0 Å². The summed E-state index contributed by atoms with van der Waals surface area (Å²) in [4.78, 5) is 15.3. The van der Waals surface area contributed by atoms with Gasteiger partial charge in [0.2, 0.25) is 0 Å². The summed E-state index contributed by atoms with van der Waals surface area (Å²) in [6.07, 6.45) is 0. The number of rotatable bonds is 6. The smallest absolute Gasteiger partial charge is 0.164 e. The Morgan fingerprint density at radius 3 is 1.42 bits per heavy atom. The van der Waals surface area contributed by atoms with Gasteiger partial charge in [0.15, 0.2) is 17.5 Å². The van der Waals surface area contributed by atoms with E-state index in [1.165, 1.54) is 10.8 Å². The molecule has 0 atom stereocenters. The van der Waals surface area contributed by atoms with Crippen LogP contribution in [0, 0.1) is 0 Å². The second-order valence-corrected chi connectivity index (χ2v) is 14.3. The Balaban J connectivity index is 1.09. The van der Waals surface area contributed by atoms with E-state index in [1.54, 1.807) is 0 Å². The molecule has 0 fully saturated rings. The molecule has 0 unspecified atom stereocenters. The molecule has 0 saturated carbocycles.